The monoisotopic (exact) mass is 156 g/mol. The highest BCUT2D eigenvalue weighted by atomic mass is 16.5. The van der Waals surface area contributed by atoms with Gasteiger partial charge in [0, 0.05) is 0 Å². The van der Waals surface area contributed by atoms with Crippen LogP contribution < -0.4 is 0 Å². The summed E-state index contributed by atoms with van der Waals surface area (Å²) in [4.78, 5) is 0. The van der Waals surface area contributed by atoms with Crippen molar-refractivity contribution in [3.05, 3.63) is 0 Å². The van der Waals surface area contributed by atoms with Gasteiger partial charge in [0.2, 0.25) is 0 Å². The molecule has 0 aliphatic heterocycles. The molecule has 0 aromatic heterocycles. The summed E-state index contributed by atoms with van der Waals surface area (Å²) in [7, 11) is 0. The highest BCUT2D eigenvalue weighted by Crippen LogP contribution is 2.29. The Hall–Kier alpha value is -0.0400. The molecule has 0 N–H and O–H groups in total. The van der Waals surface area contributed by atoms with E-state index in [1.165, 1.54) is 25.7 Å². The summed E-state index contributed by atoms with van der Waals surface area (Å²) in [5.41, 5.74) is 0. The van der Waals surface area contributed by atoms with Crippen LogP contribution in [0.25, 0.3) is 0 Å². The Morgan fingerprint density at radius 1 is 1.09 bits per heavy atom. The maximum Gasteiger partial charge on any atom is 0.0578 e. The van der Waals surface area contributed by atoms with Crippen LogP contribution in [0.4, 0.5) is 0 Å². The van der Waals surface area contributed by atoms with E-state index in [0.29, 0.717) is 12.2 Å². The average molecular weight is 156 g/mol. The van der Waals surface area contributed by atoms with Crippen LogP contribution in [-0.2, 0) is 4.74 Å². The van der Waals surface area contributed by atoms with Crippen molar-refractivity contribution in [1.82, 2.24) is 0 Å². The normalized spacial score (nSPS) is 22.9. The van der Waals surface area contributed by atoms with Gasteiger partial charge >= 0.3 is 0 Å². The molecule has 1 aliphatic rings. The Morgan fingerprint density at radius 2 is 1.64 bits per heavy atom. The first-order valence-corrected chi connectivity index (χ1v) is 4.85. The van der Waals surface area contributed by atoms with E-state index < -0.39 is 0 Å². The molecule has 1 saturated carbocycles. The lowest BCUT2D eigenvalue weighted by Crippen LogP contribution is -2.21. The Kier molecular flexibility index (Phi) is 3.38. The zero-order valence-corrected chi connectivity index (χ0v) is 7.97. The van der Waals surface area contributed by atoms with E-state index in [0.717, 1.165) is 5.92 Å². The van der Waals surface area contributed by atoms with Crippen molar-refractivity contribution in [3.63, 3.8) is 0 Å². The smallest absolute Gasteiger partial charge is 0.0578 e. The minimum Gasteiger partial charge on any atom is -0.376 e. The number of hydrogen-bond donors (Lipinski definition) is 0. The van der Waals surface area contributed by atoms with Gasteiger partial charge in [0.15, 0.2) is 0 Å². The third kappa shape index (κ3) is 2.82. The second kappa shape index (κ2) is 4.10. The molecule has 1 aliphatic carbocycles. The molecular weight excluding hydrogens is 136 g/mol. The molecule has 11 heavy (non-hydrogen) atoms. The molecule has 1 fully saturated rings. The predicted molar refractivity (Wildman–Crippen MR) is 47.6 cm³/mol. The van der Waals surface area contributed by atoms with Crippen LogP contribution in [-0.4, -0.2) is 12.2 Å². The van der Waals surface area contributed by atoms with E-state index in [1.807, 2.05) is 0 Å². The Labute approximate surface area is 70.1 Å². The van der Waals surface area contributed by atoms with Gasteiger partial charge in [-0.15, -0.1) is 0 Å². The van der Waals surface area contributed by atoms with Gasteiger partial charge in [-0.3, -0.25) is 0 Å². The fourth-order valence-corrected chi connectivity index (χ4v) is 1.97. The van der Waals surface area contributed by atoms with Crippen LogP contribution in [0.2, 0.25) is 0 Å². The topological polar surface area (TPSA) is 9.23 Å². The van der Waals surface area contributed by atoms with Gasteiger partial charge in [0.05, 0.1) is 12.2 Å². The highest BCUT2D eigenvalue weighted by Gasteiger charge is 2.22. The molecule has 0 aromatic rings. The highest BCUT2D eigenvalue weighted by molar-refractivity contribution is 4.73. The molecule has 1 nitrogen and oxygen atoms in total. The van der Waals surface area contributed by atoms with E-state index in [4.69, 9.17) is 4.74 Å². The van der Waals surface area contributed by atoms with Crippen molar-refractivity contribution < 1.29 is 4.74 Å². The zero-order valence-electron chi connectivity index (χ0n) is 7.97. The van der Waals surface area contributed by atoms with E-state index in [-0.39, 0.29) is 0 Å². The summed E-state index contributed by atoms with van der Waals surface area (Å²) in [5.74, 6) is 0.845. The minimum atomic E-state index is 0.394. The SMILES string of the molecule is CC(C)OC(C)C1CCCC1. The standard InChI is InChI=1S/C10H20O/c1-8(2)11-9(3)10-6-4-5-7-10/h8-10H,4-7H2,1-3H3. The van der Waals surface area contributed by atoms with Crippen LogP contribution in [0.1, 0.15) is 46.5 Å². The molecule has 1 heteroatoms. The summed E-state index contributed by atoms with van der Waals surface area (Å²) in [6.07, 6.45) is 6.47. The lowest BCUT2D eigenvalue weighted by atomic mass is 10.0. The maximum absolute atomic E-state index is 5.73. The Bertz CT molecular complexity index is 103. The molecule has 0 heterocycles. The summed E-state index contributed by atoms with van der Waals surface area (Å²) in [5, 5.41) is 0. The lowest BCUT2D eigenvalue weighted by Gasteiger charge is -2.21. The van der Waals surface area contributed by atoms with E-state index in [1.54, 1.807) is 0 Å². The second-order valence-electron chi connectivity index (χ2n) is 3.93. The third-order valence-electron chi connectivity index (χ3n) is 2.55. The first-order valence-electron chi connectivity index (χ1n) is 4.85. The zero-order chi connectivity index (χ0) is 8.27. The molecule has 1 atom stereocenters. The van der Waals surface area contributed by atoms with E-state index >= 15 is 0 Å². The van der Waals surface area contributed by atoms with Gasteiger partial charge in [-0.2, -0.15) is 0 Å². The Morgan fingerprint density at radius 3 is 2.09 bits per heavy atom. The number of ether oxygens (including phenoxy) is 1. The molecule has 1 unspecified atom stereocenters. The van der Waals surface area contributed by atoms with Gasteiger partial charge in [-0.25, -0.2) is 0 Å². The lowest BCUT2D eigenvalue weighted by molar-refractivity contribution is -0.0134. The molecule has 66 valence electrons. The summed E-state index contributed by atoms with van der Waals surface area (Å²) < 4.78 is 5.73. The van der Waals surface area contributed by atoms with Crippen LogP contribution in [0.3, 0.4) is 0 Å². The second-order valence-corrected chi connectivity index (χ2v) is 3.93. The van der Waals surface area contributed by atoms with Gasteiger partial charge < -0.3 is 4.74 Å². The first kappa shape index (κ1) is 9.05. The van der Waals surface area contributed by atoms with E-state index in [9.17, 15) is 0 Å². The third-order valence-corrected chi connectivity index (χ3v) is 2.55. The molecule has 1 rings (SSSR count). The van der Waals surface area contributed by atoms with Crippen molar-refractivity contribution in [2.75, 3.05) is 0 Å². The van der Waals surface area contributed by atoms with Crippen LogP contribution in [0, 0.1) is 5.92 Å². The number of rotatable bonds is 3. The van der Waals surface area contributed by atoms with E-state index in [2.05, 4.69) is 20.8 Å². The van der Waals surface area contributed by atoms with Gasteiger partial charge in [-0.1, -0.05) is 12.8 Å². The van der Waals surface area contributed by atoms with Crippen molar-refractivity contribution in [2.24, 2.45) is 5.92 Å². The molecule has 0 spiro atoms. The molecule has 0 amide bonds. The maximum atomic E-state index is 5.73. The first-order chi connectivity index (χ1) is 5.20. The molecule has 0 aromatic carbocycles. The largest absolute Gasteiger partial charge is 0.376 e. The van der Waals surface area contributed by atoms with Crippen molar-refractivity contribution in [1.29, 1.82) is 0 Å². The Balaban J connectivity index is 2.22. The van der Waals surface area contributed by atoms with Crippen molar-refractivity contribution in [3.8, 4) is 0 Å². The fraction of sp³-hybridized carbons (Fsp3) is 1.00. The van der Waals surface area contributed by atoms with Crippen LogP contribution >= 0.6 is 0 Å². The predicted octanol–water partition coefficient (Wildman–Crippen LogP) is 2.99. The molecule has 0 radical (unpaired) electrons. The minimum absolute atomic E-state index is 0.394. The van der Waals surface area contributed by atoms with Crippen molar-refractivity contribution >= 4 is 0 Å². The fourth-order valence-electron chi connectivity index (χ4n) is 1.97. The van der Waals surface area contributed by atoms with Crippen LogP contribution in [0.5, 0.6) is 0 Å². The average Bonchev–Trinajstić information content (AvgIpc) is 2.35. The van der Waals surface area contributed by atoms with Gasteiger partial charge in [0.1, 0.15) is 0 Å². The molecule has 0 bridgehead atoms. The van der Waals surface area contributed by atoms with Gasteiger partial charge in [-0.05, 0) is 39.5 Å². The summed E-state index contributed by atoms with van der Waals surface area (Å²) in [6, 6.07) is 0. The van der Waals surface area contributed by atoms with Gasteiger partial charge in [0.25, 0.3) is 0 Å². The van der Waals surface area contributed by atoms with Crippen LogP contribution in [0.15, 0.2) is 0 Å². The number of hydrogen-bond acceptors (Lipinski definition) is 1. The molecular formula is C10H20O. The summed E-state index contributed by atoms with van der Waals surface area (Å²) >= 11 is 0. The summed E-state index contributed by atoms with van der Waals surface area (Å²) in [6.45, 7) is 6.45. The van der Waals surface area contributed by atoms with Crippen molar-refractivity contribution in [2.45, 2.75) is 58.7 Å². The quantitative estimate of drug-likeness (QED) is 0.610. The molecule has 0 saturated heterocycles.